The molecule has 2 aliphatic rings. The van der Waals surface area contributed by atoms with Crippen LogP contribution in [0.3, 0.4) is 0 Å². The van der Waals surface area contributed by atoms with Gasteiger partial charge in [-0.1, -0.05) is 23.4 Å². The predicted octanol–water partition coefficient (Wildman–Crippen LogP) is 2.36. The van der Waals surface area contributed by atoms with Crippen LogP contribution in [-0.2, 0) is 6.42 Å². The SMILES string of the molecule is c1ccc(N2CC[C@@H](NCCc3nc(C4CC4)no3)C2)cc1. The molecule has 5 heteroatoms. The molecule has 0 spiro atoms. The molecule has 22 heavy (non-hydrogen) atoms. The quantitative estimate of drug-likeness (QED) is 0.887. The Bertz CT molecular complexity index is 608. The van der Waals surface area contributed by atoms with Crippen molar-refractivity contribution in [1.29, 1.82) is 0 Å². The summed E-state index contributed by atoms with van der Waals surface area (Å²) in [5, 5.41) is 7.67. The van der Waals surface area contributed by atoms with Crippen LogP contribution in [0.2, 0.25) is 0 Å². The van der Waals surface area contributed by atoms with Gasteiger partial charge in [0.05, 0.1) is 0 Å². The third-order valence-corrected chi connectivity index (χ3v) is 4.51. The van der Waals surface area contributed by atoms with E-state index in [0.29, 0.717) is 12.0 Å². The number of rotatable bonds is 6. The van der Waals surface area contributed by atoms with Gasteiger partial charge in [0, 0.05) is 43.7 Å². The molecule has 1 aromatic heterocycles. The van der Waals surface area contributed by atoms with Gasteiger partial charge in [-0.25, -0.2) is 0 Å². The molecule has 2 fully saturated rings. The summed E-state index contributed by atoms with van der Waals surface area (Å²) >= 11 is 0. The number of anilines is 1. The third kappa shape index (κ3) is 3.14. The molecule has 0 radical (unpaired) electrons. The Balaban J connectivity index is 1.23. The van der Waals surface area contributed by atoms with Crippen LogP contribution in [0.5, 0.6) is 0 Å². The van der Waals surface area contributed by atoms with Gasteiger partial charge in [-0.15, -0.1) is 0 Å². The van der Waals surface area contributed by atoms with E-state index in [1.165, 1.54) is 24.9 Å². The van der Waals surface area contributed by atoms with Gasteiger partial charge in [0.15, 0.2) is 5.82 Å². The summed E-state index contributed by atoms with van der Waals surface area (Å²) in [7, 11) is 0. The van der Waals surface area contributed by atoms with E-state index in [1.807, 2.05) is 0 Å². The molecule has 0 amide bonds. The lowest BCUT2D eigenvalue weighted by Crippen LogP contribution is -2.33. The van der Waals surface area contributed by atoms with E-state index < -0.39 is 0 Å². The van der Waals surface area contributed by atoms with Crippen LogP contribution in [0.15, 0.2) is 34.9 Å². The minimum atomic E-state index is 0.547. The second-order valence-electron chi connectivity index (χ2n) is 6.29. The number of hydrogen-bond donors (Lipinski definition) is 1. The molecule has 1 saturated carbocycles. The fourth-order valence-corrected chi connectivity index (χ4v) is 3.06. The molecule has 1 aromatic carbocycles. The van der Waals surface area contributed by atoms with Crippen LogP contribution in [0.25, 0.3) is 0 Å². The summed E-state index contributed by atoms with van der Waals surface area (Å²) in [5.41, 5.74) is 1.32. The first-order valence-electron chi connectivity index (χ1n) is 8.24. The van der Waals surface area contributed by atoms with Gasteiger partial charge in [-0.05, 0) is 31.4 Å². The van der Waals surface area contributed by atoms with E-state index >= 15 is 0 Å². The van der Waals surface area contributed by atoms with Crippen molar-refractivity contribution in [2.45, 2.75) is 37.6 Å². The molecule has 1 N–H and O–H groups in total. The number of benzene rings is 1. The van der Waals surface area contributed by atoms with Crippen LogP contribution >= 0.6 is 0 Å². The van der Waals surface area contributed by atoms with Crippen LogP contribution in [0.4, 0.5) is 5.69 Å². The highest BCUT2D eigenvalue weighted by Gasteiger charge is 2.28. The Morgan fingerprint density at radius 1 is 1.18 bits per heavy atom. The Labute approximate surface area is 130 Å². The van der Waals surface area contributed by atoms with Crippen LogP contribution in [-0.4, -0.2) is 35.8 Å². The van der Waals surface area contributed by atoms with Crippen molar-refractivity contribution >= 4 is 5.69 Å². The fraction of sp³-hybridized carbons (Fsp3) is 0.529. The molecule has 2 aromatic rings. The summed E-state index contributed by atoms with van der Waals surface area (Å²) in [6.45, 7) is 3.09. The van der Waals surface area contributed by atoms with Crippen LogP contribution in [0.1, 0.15) is 36.9 Å². The minimum Gasteiger partial charge on any atom is -0.370 e. The van der Waals surface area contributed by atoms with Gasteiger partial charge < -0.3 is 14.7 Å². The van der Waals surface area contributed by atoms with Crippen LogP contribution < -0.4 is 10.2 Å². The zero-order valence-electron chi connectivity index (χ0n) is 12.7. The zero-order chi connectivity index (χ0) is 14.8. The average Bonchev–Trinajstić information content (AvgIpc) is 3.11. The number of hydrogen-bond acceptors (Lipinski definition) is 5. The Morgan fingerprint density at radius 3 is 2.86 bits per heavy atom. The molecule has 5 nitrogen and oxygen atoms in total. The van der Waals surface area contributed by atoms with Gasteiger partial charge in [0.1, 0.15) is 0 Å². The van der Waals surface area contributed by atoms with E-state index in [4.69, 9.17) is 4.52 Å². The molecular weight excluding hydrogens is 276 g/mol. The van der Waals surface area contributed by atoms with Crippen molar-refractivity contribution in [2.24, 2.45) is 0 Å². The van der Waals surface area contributed by atoms with Gasteiger partial charge in [0.2, 0.25) is 5.89 Å². The van der Waals surface area contributed by atoms with Crippen molar-refractivity contribution < 1.29 is 4.52 Å². The fourth-order valence-electron chi connectivity index (χ4n) is 3.06. The normalized spacial score (nSPS) is 21.5. The molecule has 1 saturated heterocycles. The van der Waals surface area contributed by atoms with E-state index in [0.717, 1.165) is 37.8 Å². The van der Waals surface area contributed by atoms with E-state index in [-0.39, 0.29) is 0 Å². The minimum absolute atomic E-state index is 0.547. The van der Waals surface area contributed by atoms with Crippen molar-refractivity contribution in [3.8, 4) is 0 Å². The molecule has 1 aliphatic heterocycles. The van der Waals surface area contributed by atoms with E-state index in [2.05, 4.69) is 50.7 Å². The van der Waals surface area contributed by atoms with Gasteiger partial charge >= 0.3 is 0 Å². The number of nitrogens with one attached hydrogen (secondary N) is 1. The lowest BCUT2D eigenvalue weighted by Gasteiger charge is -2.18. The summed E-state index contributed by atoms with van der Waals surface area (Å²) in [6.07, 6.45) is 4.44. The van der Waals surface area contributed by atoms with Crippen molar-refractivity contribution in [2.75, 3.05) is 24.5 Å². The molecule has 4 rings (SSSR count). The smallest absolute Gasteiger partial charge is 0.227 e. The maximum absolute atomic E-state index is 5.31. The maximum Gasteiger partial charge on any atom is 0.227 e. The van der Waals surface area contributed by atoms with E-state index in [1.54, 1.807) is 0 Å². The number of para-hydroxylation sites is 1. The number of nitrogens with zero attached hydrogens (tertiary/aromatic N) is 3. The third-order valence-electron chi connectivity index (χ3n) is 4.51. The Hall–Kier alpha value is -1.88. The monoisotopic (exact) mass is 298 g/mol. The van der Waals surface area contributed by atoms with Gasteiger partial charge in [-0.2, -0.15) is 4.98 Å². The highest BCUT2D eigenvalue weighted by molar-refractivity contribution is 5.47. The maximum atomic E-state index is 5.31. The Kier molecular flexibility index (Phi) is 3.81. The summed E-state index contributed by atoms with van der Waals surface area (Å²) in [5.74, 6) is 2.25. The molecule has 2 heterocycles. The summed E-state index contributed by atoms with van der Waals surface area (Å²) in [4.78, 5) is 6.91. The molecule has 116 valence electrons. The van der Waals surface area contributed by atoms with Crippen molar-refractivity contribution in [1.82, 2.24) is 15.5 Å². The van der Waals surface area contributed by atoms with Gasteiger partial charge in [-0.3, -0.25) is 0 Å². The van der Waals surface area contributed by atoms with E-state index in [9.17, 15) is 0 Å². The molecule has 1 atom stereocenters. The zero-order valence-corrected chi connectivity index (χ0v) is 12.7. The summed E-state index contributed by atoms with van der Waals surface area (Å²) < 4.78 is 5.31. The average molecular weight is 298 g/mol. The molecular formula is C17H22N4O. The molecule has 0 bridgehead atoms. The molecule has 0 unspecified atom stereocenters. The first-order chi connectivity index (χ1) is 10.9. The van der Waals surface area contributed by atoms with Crippen molar-refractivity contribution in [3.05, 3.63) is 42.0 Å². The first kappa shape index (κ1) is 13.8. The highest BCUT2D eigenvalue weighted by Crippen LogP contribution is 2.38. The second kappa shape index (κ2) is 6.08. The predicted molar refractivity (Wildman–Crippen MR) is 85.0 cm³/mol. The molecule has 1 aliphatic carbocycles. The van der Waals surface area contributed by atoms with Crippen LogP contribution in [0, 0.1) is 0 Å². The lowest BCUT2D eigenvalue weighted by molar-refractivity contribution is 0.368. The lowest BCUT2D eigenvalue weighted by atomic mass is 10.2. The van der Waals surface area contributed by atoms with Crippen molar-refractivity contribution in [3.63, 3.8) is 0 Å². The topological polar surface area (TPSA) is 54.2 Å². The highest BCUT2D eigenvalue weighted by atomic mass is 16.5. The second-order valence-corrected chi connectivity index (χ2v) is 6.29. The Morgan fingerprint density at radius 2 is 2.05 bits per heavy atom. The van der Waals surface area contributed by atoms with Gasteiger partial charge in [0.25, 0.3) is 0 Å². The standard InChI is InChI=1S/C17H22N4O/c1-2-4-15(5-3-1)21-11-9-14(12-21)18-10-8-16-19-17(20-22-16)13-6-7-13/h1-5,13-14,18H,6-12H2/t14-/m1/s1. The largest absolute Gasteiger partial charge is 0.370 e. The number of aromatic nitrogens is 2. The summed E-state index contributed by atoms with van der Waals surface area (Å²) in [6, 6.07) is 11.2. The first-order valence-corrected chi connectivity index (χ1v) is 8.24.